The Balaban J connectivity index is 1.64. The fourth-order valence-corrected chi connectivity index (χ4v) is 3.04. The van der Waals surface area contributed by atoms with Crippen LogP contribution < -0.4 is 10.4 Å². The molecule has 0 aliphatic heterocycles. The molecular formula is C20H18FN5O2. The number of rotatable bonds is 5. The average Bonchev–Trinajstić information content (AvgIpc) is 3.33. The highest BCUT2D eigenvalue weighted by Crippen LogP contribution is 2.20. The monoisotopic (exact) mass is 379 g/mol. The Bertz CT molecular complexity index is 1160. The van der Waals surface area contributed by atoms with Gasteiger partial charge in [0.2, 0.25) is 0 Å². The van der Waals surface area contributed by atoms with Gasteiger partial charge in [-0.15, -0.1) is 0 Å². The summed E-state index contributed by atoms with van der Waals surface area (Å²) < 4.78 is 21.7. The zero-order valence-electron chi connectivity index (χ0n) is 15.4. The van der Waals surface area contributed by atoms with E-state index in [1.54, 1.807) is 31.5 Å². The molecule has 28 heavy (non-hydrogen) atoms. The summed E-state index contributed by atoms with van der Waals surface area (Å²) >= 11 is 0. The number of H-pyrrole nitrogens is 1. The molecule has 4 rings (SSSR count). The topological polar surface area (TPSA) is 77.7 Å². The second-order valence-corrected chi connectivity index (χ2v) is 6.33. The number of halogens is 1. The molecule has 4 aromatic rings. The third-order valence-corrected chi connectivity index (χ3v) is 4.55. The lowest BCUT2D eigenvalue weighted by atomic mass is 10.1. The van der Waals surface area contributed by atoms with Crippen molar-refractivity contribution in [1.29, 1.82) is 0 Å². The third kappa shape index (κ3) is 3.20. The highest BCUT2D eigenvalue weighted by molar-refractivity contribution is 5.62. The van der Waals surface area contributed by atoms with Gasteiger partial charge in [0.1, 0.15) is 5.82 Å². The summed E-state index contributed by atoms with van der Waals surface area (Å²) in [6, 6.07) is 12.1. The van der Waals surface area contributed by atoms with Gasteiger partial charge < -0.3 is 4.74 Å². The van der Waals surface area contributed by atoms with E-state index in [1.807, 2.05) is 24.3 Å². The normalized spacial score (nSPS) is 11.0. The van der Waals surface area contributed by atoms with Crippen molar-refractivity contribution in [2.45, 2.75) is 13.5 Å². The van der Waals surface area contributed by atoms with Crippen molar-refractivity contribution in [2.24, 2.45) is 0 Å². The van der Waals surface area contributed by atoms with Crippen molar-refractivity contribution in [3.8, 4) is 22.6 Å². The van der Waals surface area contributed by atoms with Gasteiger partial charge in [-0.3, -0.25) is 9.67 Å². The molecule has 0 saturated carbocycles. The minimum Gasteiger partial charge on any atom is -0.494 e. The van der Waals surface area contributed by atoms with Crippen LogP contribution in [-0.2, 0) is 6.54 Å². The third-order valence-electron chi connectivity index (χ3n) is 4.55. The van der Waals surface area contributed by atoms with Crippen molar-refractivity contribution < 1.29 is 9.13 Å². The second kappa shape index (κ2) is 7.15. The minimum atomic E-state index is -0.465. The van der Waals surface area contributed by atoms with Crippen LogP contribution in [0.4, 0.5) is 4.39 Å². The van der Waals surface area contributed by atoms with Crippen LogP contribution in [0.15, 0.2) is 59.7 Å². The van der Waals surface area contributed by atoms with Gasteiger partial charge in [-0.2, -0.15) is 14.9 Å². The minimum absolute atomic E-state index is 0.168. The molecule has 0 amide bonds. The van der Waals surface area contributed by atoms with Crippen LogP contribution in [0.25, 0.3) is 16.8 Å². The average molecular weight is 379 g/mol. The van der Waals surface area contributed by atoms with E-state index in [2.05, 4.69) is 15.3 Å². The standard InChI is InChI=1S/C20H18FN5O2/c1-13-24-26(17-6-4-15(5-7-17)16-10-22-23-11-16)20(27)25(13)12-14-3-8-19(28-2)18(21)9-14/h3-11H,12H2,1-2H3,(H,22,23). The Morgan fingerprint density at radius 3 is 2.57 bits per heavy atom. The highest BCUT2D eigenvalue weighted by Gasteiger charge is 2.13. The number of nitrogens with zero attached hydrogens (tertiary/aromatic N) is 4. The molecular weight excluding hydrogens is 361 g/mol. The summed E-state index contributed by atoms with van der Waals surface area (Å²) in [5.41, 5.74) is 2.96. The summed E-state index contributed by atoms with van der Waals surface area (Å²) in [5, 5.41) is 11.1. The number of aryl methyl sites for hydroxylation is 1. The first-order chi connectivity index (χ1) is 13.6. The van der Waals surface area contributed by atoms with E-state index in [-0.39, 0.29) is 18.0 Å². The van der Waals surface area contributed by atoms with E-state index in [1.165, 1.54) is 22.4 Å². The van der Waals surface area contributed by atoms with Crippen molar-refractivity contribution in [2.75, 3.05) is 7.11 Å². The molecule has 0 saturated heterocycles. The van der Waals surface area contributed by atoms with Crippen molar-refractivity contribution in [3.63, 3.8) is 0 Å². The molecule has 0 bridgehead atoms. The predicted molar refractivity (Wildman–Crippen MR) is 102 cm³/mol. The molecule has 2 heterocycles. The van der Waals surface area contributed by atoms with Gasteiger partial charge in [-0.25, -0.2) is 9.18 Å². The molecule has 0 radical (unpaired) electrons. The first-order valence-corrected chi connectivity index (χ1v) is 8.65. The maximum absolute atomic E-state index is 13.9. The van der Waals surface area contributed by atoms with Gasteiger partial charge >= 0.3 is 5.69 Å². The maximum Gasteiger partial charge on any atom is 0.351 e. The number of benzene rings is 2. The lowest BCUT2D eigenvalue weighted by Crippen LogP contribution is -2.24. The molecule has 7 nitrogen and oxygen atoms in total. The van der Waals surface area contributed by atoms with E-state index in [9.17, 15) is 9.18 Å². The highest BCUT2D eigenvalue weighted by atomic mass is 19.1. The summed E-state index contributed by atoms with van der Waals surface area (Å²) in [6.45, 7) is 1.97. The molecule has 8 heteroatoms. The molecule has 0 atom stereocenters. The van der Waals surface area contributed by atoms with E-state index in [0.29, 0.717) is 17.1 Å². The maximum atomic E-state index is 13.9. The molecule has 0 spiro atoms. The van der Waals surface area contributed by atoms with Crippen LogP contribution in [0.5, 0.6) is 5.75 Å². The van der Waals surface area contributed by atoms with Crippen LogP contribution in [0, 0.1) is 12.7 Å². The Labute approximate surface area is 160 Å². The number of aromatic amines is 1. The molecule has 0 fully saturated rings. The van der Waals surface area contributed by atoms with E-state index < -0.39 is 5.82 Å². The smallest absolute Gasteiger partial charge is 0.351 e. The van der Waals surface area contributed by atoms with Crippen LogP contribution >= 0.6 is 0 Å². The largest absolute Gasteiger partial charge is 0.494 e. The van der Waals surface area contributed by atoms with Gasteiger partial charge in [0.05, 0.1) is 25.5 Å². The Kier molecular flexibility index (Phi) is 4.52. The molecule has 2 aromatic carbocycles. The van der Waals surface area contributed by atoms with Crippen LogP contribution in [0.2, 0.25) is 0 Å². The van der Waals surface area contributed by atoms with Gasteiger partial charge in [0, 0.05) is 11.8 Å². The number of hydrogen-bond acceptors (Lipinski definition) is 4. The summed E-state index contributed by atoms with van der Waals surface area (Å²) in [5.74, 6) is 0.245. The van der Waals surface area contributed by atoms with Gasteiger partial charge in [-0.1, -0.05) is 18.2 Å². The van der Waals surface area contributed by atoms with Crippen LogP contribution in [-0.4, -0.2) is 31.7 Å². The number of methoxy groups -OCH3 is 1. The quantitative estimate of drug-likeness (QED) is 0.578. The summed E-state index contributed by atoms with van der Waals surface area (Å²) in [4.78, 5) is 12.8. The summed E-state index contributed by atoms with van der Waals surface area (Å²) in [6.07, 6.45) is 3.53. The molecule has 1 N–H and O–H groups in total. The second-order valence-electron chi connectivity index (χ2n) is 6.33. The zero-order valence-corrected chi connectivity index (χ0v) is 15.4. The first-order valence-electron chi connectivity index (χ1n) is 8.65. The van der Waals surface area contributed by atoms with E-state index in [0.717, 1.165) is 11.1 Å². The molecule has 0 unspecified atom stereocenters. The molecule has 2 aromatic heterocycles. The Morgan fingerprint density at radius 2 is 1.93 bits per heavy atom. The fraction of sp³-hybridized carbons (Fsp3) is 0.150. The van der Waals surface area contributed by atoms with Gasteiger partial charge in [0.25, 0.3) is 0 Å². The van der Waals surface area contributed by atoms with Crippen molar-refractivity contribution >= 4 is 0 Å². The van der Waals surface area contributed by atoms with Gasteiger partial charge in [0.15, 0.2) is 11.6 Å². The van der Waals surface area contributed by atoms with Crippen molar-refractivity contribution in [3.05, 3.63) is 82.5 Å². The van der Waals surface area contributed by atoms with E-state index >= 15 is 0 Å². The Morgan fingerprint density at radius 1 is 1.14 bits per heavy atom. The fourth-order valence-electron chi connectivity index (χ4n) is 3.04. The lowest BCUT2D eigenvalue weighted by molar-refractivity contribution is 0.386. The molecule has 0 aliphatic carbocycles. The number of hydrogen-bond donors (Lipinski definition) is 1. The van der Waals surface area contributed by atoms with Crippen LogP contribution in [0.1, 0.15) is 11.4 Å². The number of ether oxygens (including phenoxy) is 1. The molecule has 142 valence electrons. The first kappa shape index (κ1) is 17.7. The zero-order chi connectivity index (χ0) is 19.7. The number of aromatic nitrogens is 5. The van der Waals surface area contributed by atoms with Gasteiger partial charge in [-0.05, 0) is 42.3 Å². The Hall–Kier alpha value is -3.68. The summed E-state index contributed by atoms with van der Waals surface area (Å²) in [7, 11) is 1.41. The molecule has 0 aliphatic rings. The van der Waals surface area contributed by atoms with Crippen molar-refractivity contribution in [1.82, 2.24) is 24.5 Å². The SMILES string of the molecule is COc1ccc(Cn2c(C)nn(-c3ccc(-c4cn[nH]c4)cc3)c2=O)cc1F. The predicted octanol–water partition coefficient (Wildman–Crippen LogP) is 2.93. The van der Waals surface area contributed by atoms with Crippen LogP contribution in [0.3, 0.4) is 0 Å². The van der Waals surface area contributed by atoms with E-state index in [4.69, 9.17) is 4.74 Å². The lowest BCUT2D eigenvalue weighted by Gasteiger charge is -2.06. The number of nitrogens with one attached hydrogen (secondary N) is 1.